The fourth-order valence-electron chi connectivity index (χ4n) is 0. The molecule has 40 valence electrons. The number of rotatable bonds is 0. The Balaban J connectivity index is 4.16. The van der Waals surface area contributed by atoms with Crippen molar-refractivity contribution in [2.24, 2.45) is 0 Å². The molecule has 0 aliphatic carbocycles. The predicted octanol–water partition coefficient (Wildman–Crippen LogP) is -0.301. The highest BCUT2D eigenvalue weighted by Gasteiger charge is 2.16. The van der Waals surface area contributed by atoms with E-state index in [4.69, 9.17) is 22.4 Å². The van der Waals surface area contributed by atoms with Crippen LogP contribution in [-0.2, 0) is 10.2 Å². The zero-order valence-corrected chi connectivity index (χ0v) is 3.42. The Bertz CT molecular complexity index is 81.6. The zero-order chi connectivity index (χ0) is 5.45. The molecule has 0 amide bonds. The molecule has 0 spiro atoms. The Morgan fingerprint density at radius 2 is 1.00 bits per heavy atom. The summed E-state index contributed by atoms with van der Waals surface area (Å²) in [7, 11) is -6.10. The SMILES string of the molecule is O=S(O)(O)(O)O. The molecule has 0 unspecified atom stereocenters. The lowest BCUT2D eigenvalue weighted by Crippen LogP contribution is -2.27. The Kier molecular flexibility index (Phi) is 0.795. The lowest BCUT2D eigenvalue weighted by Gasteiger charge is -2.12. The first-order chi connectivity index (χ1) is 2.24. The fraction of sp³-hybridized carbons (Fsp3) is 0. The van der Waals surface area contributed by atoms with Crippen molar-refractivity contribution in [3.05, 3.63) is 0 Å². The minimum absolute atomic E-state index is 6.10. The van der Waals surface area contributed by atoms with Crippen molar-refractivity contribution in [2.45, 2.75) is 0 Å². The van der Waals surface area contributed by atoms with Gasteiger partial charge in [0.15, 0.2) is 0 Å². The largest absolute Gasteiger partial charge is 0.302 e. The van der Waals surface area contributed by atoms with E-state index in [1.165, 1.54) is 0 Å². The van der Waals surface area contributed by atoms with Gasteiger partial charge in [-0.2, -0.15) is 4.21 Å². The van der Waals surface area contributed by atoms with Crippen molar-refractivity contribution < 1.29 is 22.4 Å². The molecule has 5 nitrogen and oxygen atoms in total. The van der Waals surface area contributed by atoms with E-state index in [0.29, 0.717) is 0 Å². The molecule has 0 aliphatic heterocycles. The van der Waals surface area contributed by atoms with Gasteiger partial charge in [-0.25, -0.2) is 0 Å². The molecule has 0 atom stereocenters. The highest BCUT2D eigenvalue weighted by molar-refractivity contribution is 7.99. The van der Waals surface area contributed by atoms with Gasteiger partial charge in [0.2, 0.25) is 0 Å². The van der Waals surface area contributed by atoms with Gasteiger partial charge in [-0.1, -0.05) is 0 Å². The first kappa shape index (κ1) is 5.99. The van der Waals surface area contributed by atoms with Crippen LogP contribution >= 0.6 is 0 Å². The Labute approximate surface area is 33.7 Å². The smallest absolute Gasteiger partial charge is 0.268 e. The van der Waals surface area contributed by atoms with E-state index >= 15 is 0 Å². The van der Waals surface area contributed by atoms with Crippen LogP contribution in [0.15, 0.2) is 0 Å². The Hall–Kier alpha value is -0.0100. The van der Waals surface area contributed by atoms with Crippen molar-refractivity contribution in [1.82, 2.24) is 0 Å². The summed E-state index contributed by atoms with van der Waals surface area (Å²) in [6.45, 7) is 0. The third kappa shape index (κ3) is 357000. The van der Waals surface area contributed by atoms with E-state index in [9.17, 15) is 0 Å². The van der Waals surface area contributed by atoms with E-state index in [0.717, 1.165) is 0 Å². The molecule has 4 N–H and O–H groups in total. The van der Waals surface area contributed by atoms with Crippen molar-refractivity contribution in [1.29, 1.82) is 0 Å². The maximum Gasteiger partial charge on any atom is 0.302 e. The van der Waals surface area contributed by atoms with E-state index < -0.39 is 10.2 Å². The van der Waals surface area contributed by atoms with E-state index in [2.05, 4.69) is 0 Å². The molecule has 6 heteroatoms. The van der Waals surface area contributed by atoms with Gasteiger partial charge in [0, 0.05) is 0 Å². The van der Waals surface area contributed by atoms with Gasteiger partial charge in [-0.05, 0) is 0 Å². The molecular weight excluding hydrogens is 112 g/mol. The molecule has 0 aromatic heterocycles. The summed E-state index contributed by atoms with van der Waals surface area (Å²) >= 11 is 0. The van der Waals surface area contributed by atoms with Crippen LogP contribution in [0.5, 0.6) is 0 Å². The van der Waals surface area contributed by atoms with E-state index in [1.54, 1.807) is 0 Å². The average molecular weight is 116 g/mol. The van der Waals surface area contributed by atoms with E-state index in [1.807, 2.05) is 0 Å². The second kappa shape index (κ2) is 0.796. The van der Waals surface area contributed by atoms with Gasteiger partial charge in [-0.3, -0.25) is 18.2 Å². The third-order valence-corrected chi connectivity index (χ3v) is 0. The summed E-state index contributed by atoms with van der Waals surface area (Å²) < 4.78 is 37.8. The van der Waals surface area contributed by atoms with Crippen LogP contribution in [-0.4, -0.2) is 22.4 Å². The highest BCUT2D eigenvalue weighted by Crippen LogP contribution is 1.98. The van der Waals surface area contributed by atoms with Gasteiger partial charge in [0.05, 0.1) is 0 Å². The molecule has 0 fully saturated rings. The van der Waals surface area contributed by atoms with Gasteiger partial charge in [0.1, 0.15) is 0 Å². The summed E-state index contributed by atoms with van der Waals surface area (Å²) in [5.41, 5.74) is 0. The van der Waals surface area contributed by atoms with Crippen LogP contribution < -0.4 is 0 Å². The molecule has 0 bridgehead atoms. The molecule has 6 heavy (non-hydrogen) atoms. The summed E-state index contributed by atoms with van der Waals surface area (Å²) in [4.78, 5) is 0. The maximum atomic E-state index is 9.01. The fourth-order valence-corrected chi connectivity index (χ4v) is 0. The van der Waals surface area contributed by atoms with E-state index in [-0.39, 0.29) is 0 Å². The first-order valence-corrected chi connectivity index (χ1v) is 2.69. The third-order valence-electron chi connectivity index (χ3n) is 0. The summed E-state index contributed by atoms with van der Waals surface area (Å²) in [6, 6.07) is 0. The molecular formula is H4O5S. The monoisotopic (exact) mass is 116 g/mol. The van der Waals surface area contributed by atoms with Crippen molar-refractivity contribution in [3.63, 3.8) is 0 Å². The standard InChI is InChI=1S/H4O5S/c1-6(2,3,4)5/h(H4,1,2,3,4,5). The molecule has 0 rings (SSSR count). The minimum atomic E-state index is -6.10. The topological polar surface area (TPSA) is 98.0 Å². The summed E-state index contributed by atoms with van der Waals surface area (Å²) in [6.07, 6.45) is 0. The lowest BCUT2D eigenvalue weighted by molar-refractivity contribution is 0.195. The average Bonchev–Trinajstić information content (AvgIpc) is 0.650. The minimum Gasteiger partial charge on any atom is -0.268 e. The normalized spacial score (nSPS) is 19.0. The number of hydrogen-bond donors (Lipinski definition) is 4. The van der Waals surface area contributed by atoms with Crippen LogP contribution in [0.4, 0.5) is 0 Å². The molecule has 0 aromatic carbocycles. The van der Waals surface area contributed by atoms with Crippen LogP contribution in [0.3, 0.4) is 0 Å². The number of hydrogen-bond acceptors (Lipinski definition) is 1. The van der Waals surface area contributed by atoms with Gasteiger partial charge < -0.3 is 0 Å². The van der Waals surface area contributed by atoms with Gasteiger partial charge >= 0.3 is 10.2 Å². The van der Waals surface area contributed by atoms with Crippen molar-refractivity contribution >= 4 is 10.2 Å². The first-order valence-electron chi connectivity index (χ1n) is 0.897. The van der Waals surface area contributed by atoms with Crippen LogP contribution in [0.1, 0.15) is 0 Å². The molecule has 0 saturated carbocycles. The second-order valence-electron chi connectivity index (χ2n) is 0.788. The summed E-state index contributed by atoms with van der Waals surface area (Å²) in [5, 5.41) is 0. The van der Waals surface area contributed by atoms with Gasteiger partial charge in [-0.15, -0.1) is 0 Å². The quantitative estimate of drug-likeness (QED) is 0.348. The van der Waals surface area contributed by atoms with Crippen LogP contribution in [0.25, 0.3) is 0 Å². The van der Waals surface area contributed by atoms with Crippen LogP contribution in [0.2, 0.25) is 0 Å². The molecule has 0 heterocycles. The second-order valence-corrected chi connectivity index (χ2v) is 2.36. The molecule has 0 saturated heterocycles. The highest BCUT2D eigenvalue weighted by atomic mass is 32.3. The molecule has 0 radical (unpaired) electrons. The maximum absolute atomic E-state index is 9.01. The van der Waals surface area contributed by atoms with Crippen molar-refractivity contribution in [2.75, 3.05) is 0 Å². The lowest BCUT2D eigenvalue weighted by atomic mass is 15.7. The molecule has 0 aliphatic rings. The Morgan fingerprint density at radius 3 is 1.00 bits per heavy atom. The van der Waals surface area contributed by atoms with Crippen molar-refractivity contribution in [3.8, 4) is 0 Å². The summed E-state index contributed by atoms with van der Waals surface area (Å²) in [5.74, 6) is 0. The predicted molar refractivity (Wildman–Crippen MR) is 18.7 cm³/mol. The van der Waals surface area contributed by atoms with Gasteiger partial charge in [0.25, 0.3) is 0 Å². The zero-order valence-electron chi connectivity index (χ0n) is 2.61. The van der Waals surface area contributed by atoms with Crippen LogP contribution in [0, 0.1) is 0 Å². The Morgan fingerprint density at radius 1 is 1.00 bits per heavy atom. The molecule has 0 aromatic rings.